The van der Waals surface area contributed by atoms with Gasteiger partial charge in [0.25, 0.3) is 0 Å². The number of ether oxygens (including phenoxy) is 3. The summed E-state index contributed by atoms with van der Waals surface area (Å²) in [5.74, 6) is 1.76. The van der Waals surface area contributed by atoms with E-state index in [4.69, 9.17) is 26.4 Å². The third-order valence-electron chi connectivity index (χ3n) is 4.40. The first-order valence-electron chi connectivity index (χ1n) is 9.64. The molecule has 3 aromatic carbocycles. The van der Waals surface area contributed by atoms with Crippen molar-refractivity contribution in [1.29, 1.82) is 0 Å². The number of halogens is 1. The summed E-state index contributed by atoms with van der Waals surface area (Å²) in [6, 6.07) is 19.6. The zero-order valence-electron chi connectivity index (χ0n) is 17.0. The van der Waals surface area contributed by atoms with Crippen LogP contribution >= 0.6 is 12.2 Å². The Hall–Kier alpha value is -3.12. The topological polar surface area (TPSA) is 39.7 Å². The van der Waals surface area contributed by atoms with E-state index in [1.807, 2.05) is 49.4 Å². The van der Waals surface area contributed by atoms with Crippen LogP contribution in [0.4, 0.5) is 4.39 Å². The highest BCUT2D eigenvalue weighted by molar-refractivity contribution is 7.80. The lowest BCUT2D eigenvalue weighted by molar-refractivity contribution is 0.269. The Bertz CT molecular complexity index is 992. The maximum atomic E-state index is 13.1. The predicted molar refractivity (Wildman–Crippen MR) is 120 cm³/mol. The van der Waals surface area contributed by atoms with Gasteiger partial charge in [0.2, 0.25) is 0 Å². The van der Waals surface area contributed by atoms with Crippen LogP contribution in [0.1, 0.15) is 23.6 Å². The molecule has 0 aliphatic heterocycles. The Balaban J connectivity index is 1.66. The molecule has 6 heteroatoms. The van der Waals surface area contributed by atoms with Crippen molar-refractivity contribution in [3.05, 3.63) is 89.2 Å². The fourth-order valence-corrected chi connectivity index (χ4v) is 3.04. The lowest BCUT2D eigenvalue weighted by Crippen LogP contribution is -2.21. The second-order valence-corrected chi connectivity index (χ2v) is 6.95. The van der Waals surface area contributed by atoms with Gasteiger partial charge in [-0.1, -0.05) is 36.5 Å². The maximum Gasteiger partial charge on any atom is 0.161 e. The van der Waals surface area contributed by atoms with Gasteiger partial charge in [-0.2, -0.15) is 0 Å². The predicted octanol–water partition coefficient (Wildman–Crippen LogP) is 5.28. The van der Waals surface area contributed by atoms with E-state index in [0.29, 0.717) is 36.2 Å². The van der Waals surface area contributed by atoms with E-state index >= 15 is 0 Å². The summed E-state index contributed by atoms with van der Waals surface area (Å²) >= 11 is 5.55. The van der Waals surface area contributed by atoms with Crippen LogP contribution in [0.5, 0.6) is 17.2 Å². The first-order valence-corrected chi connectivity index (χ1v) is 10.0. The normalized spacial score (nSPS) is 10.4. The lowest BCUT2D eigenvalue weighted by atomic mass is 10.1. The third-order valence-corrected chi connectivity index (χ3v) is 4.78. The summed E-state index contributed by atoms with van der Waals surface area (Å²) in [5.41, 5.74) is 2.78. The minimum atomic E-state index is -0.270. The summed E-state index contributed by atoms with van der Waals surface area (Å²) in [6.07, 6.45) is 0. The van der Waals surface area contributed by atoms with Gasteiger partial charge in [-0.05, 0) is 60.5 Å². The van der Waals surface area contributed by atoms with Crippen molar-refractivity contribution >= 4 is 17.2 Å². The van der Waals surface area contributed by atoms with E-state index < -0.39 is 0 Å². The average Bonchev–Trinajstić information content (AvgIpc) is 2.78. The second-order valence-electron chi connectivity index (χ2n) is 6.54. The van der Waals surface area contributed by atoms with Crippen LogP contribution in [0, 0.1) is 5.82 Å². The van der Waals surface area contributed by atoms with Crippen molar-refractivity contribution < 1.29 is 18.6 Å². The van der Waals surface area contributed by atoms with Gasteiger partial charge in [0.15, 0.2) is 11.5 Å². The number of methoxy groups -OCH3 is 1. The molecule has 0 heterocycles. The number of hydrogen-bond donors (Lipinski definition) is 1. The number of benzene rings is 3. The quantitative estimate of drug-likeness (QED) is 0.473. The van der Waals surface area contributed by atoms with E-state index in [0.717, 1.165) is 22.4 Å². The van der Waals surface area contributed by atoms with Crippen molar-refractivity contribution in [2.45, 2.75) is 20.1 Å². The van der Waals surface area contributed by atoms with Crippen molar-refractivity contribution in [2.75, 3.05) is 13.7 Å². The van der Waals surface area contributed by atoms with Gasteiger partial charge < -0.3 is 19.5 Å². The van der Waals surface area contributed by atoms with Gasteiger partial charge in [0, 0.05) is 12.1 Å². The molecule has 0 bridgehead atoms. The van der Waals surface area contributed by atoms with Gasteiger partial charge in [0.05, 0.1) is 13.7 Å². The number of nitrogens with one attached hydrogen (secondary N) is 1. The first-order chi connectivity index (χ1) is 14.6. The van der Waals surface area contributed by atoms with Crippen LogP contribution in [-0.2, 0) is 13.2 Å². The van der Waals surface area contributed by atoms with Crippen LogP contribution in [0.2, 0.25) is 0 Å². The molecule has 1 N–H and O–H groups in total. The molecule has 4 nitrogen and oxygen atoms in total. The van der Waals surface area contributed by atoms with Gasteiger partial charge in [-0.15, -0.1) is 0 Å². The smallest absolute Gasteiger partial charge is 0.161 e. The Morgan fingerprint density at radius 3 is 2.47 bits per heavy atom. The van der Waals surface area contributed by atoms with Crippen LogP contribution in [-0.4, -0.2) is 18.7 Å². The highest BCUT2D eigenvalue weighted by Crippen LogP contribution is 2.29. The first kappa shape index (κ1) is 21.6. The molecular formula is C24H24FNO3S. The molecule has 0 atom stereocenters. The van der Waals surface area contributed by atoms with Crippen molar-refractivity contribution in [3.63, 3.8) is 0 Å². The van der Waals surface area contributed by atoms with Crippen LogP contribution in [0.25, 0.3) is 0 Å². The van der Waals surface area contributed by atoms with Gasteiger partial charge in [-0.25, -0.2) is 4.39 Å². The molecule has 0 radical (unpaired) electrons. The monoisotopic (exact) mass is 425 g/mol. The molecule has 0 unspecified atom stereocenters. The molecule has 3 aromatic rings. The Morgan fingerprint density at radius 1 is 0.933 bits per heavy atom. The fourth-order valence-electron chi connectivity index (χ4n) is 2.85. The molecule has 156 valence electrons. The van der Waals surface area contributed by atoms with Gasteiger partial charge >= 0.3 is 0 Å². The molecular weight excluding hydrogens is 401 g/mol. The molecule has 0 saturated carbocycles. The van der Waals surface area contributed by atoms with Crippen LogP contribution in [0.3, 0.4) is 0 Å². The molecule has 0 spiro atoms. The summed E-state index contributed by atoms with van der Waals surface area (Å²) in [4.78, 5) is 0.615. The van der Waals surface area contributed by atoms with E-state index in [1.54, 1.807) is 19.2 Å². The van der Waals surface area contributed by atoms with E-state index in [2.05, 4.69) is 5.32 Å². The lowest BCUT2D eigenvalue weighted by Gasteiger charge is -2.15. The molecule has 0 saturated heterocycles. The number of rotatable bonds is 9. The van der Waals surface area contributed by atoms with Crippen molar-refractivity contribution in [3.8, 4) is 17.2 Å². The molecule has 0 aliphatic carbocycles. The van der Waals surface area contributed by atoms with Gasteiger partial charge in [-0.3, -0.25) is 0 Å². The maximum absolute atomic E-state index is 13.1. The summed E-state index contributed by atoms with van der Waals surface area (Å²) in [6.45, 7) is 3.32. The van der Waals surface area contributed by atoms with Crippen molar-refractivity contribution in [1.82, 2.24) is 5.32 Å². The zero-order valence-corrected chi connectivity index (χ0v) is 17.8. The van der Waals surface area contributed by atoms with E-state index in [1.165, 1.54) is 12.1 Å². The largest absolute Gasteiger partial charge is 0.497 e. The second kappa shape index (κ2) is 10.6. The zero-order chi connectivity index (χ0) is 21.3. The van der Waals surface area contributed by atoms with E-state index in [9.17, 15) is 4.39 Å². The Morgan fingerprint density at radius 2 is 1.73 bits per heavy atom. The number of hydrogen-bond acceptors (Lipinski definition) is 4. The highest BCUT2D eigenvalue weighted by Gasteiger charge is 2.10. The third kappa shape index (κ3) is 5.94. The average molecular weight is 426 g/mol. The Kier molecular flexibility index (Phi) is 7.63. The van der Waals surface area contributed by atoms with Crippen LogP contribution in [0.15, 0.2) is 66.7 Å². The molecule has 30 heavy (non-hydrogen) atoms. The summed E-state index contributed by atoms with van der Waals surface area (Å²) in [5, 5.41) is 3.26. The molecule has 0 fully saturated rings. The van der Waals surface area contributed by atoms with Crippen LogP contribution < -0.4 is 19.5 Å². The summed E-state index contributed by atoms with van der Waals surface area (Å²) in [7, 11) is 1.64. The Labute approximate surface area is 181 Å². The minimum absolute atomic E-state index is 0.270. The van der Waals surface area contributed by atoms with E-state index in [-0.39, 0.29) is 5.82 Å². The SMILES string of the molecule is CCOc1cc(C(=S)NCc2cccc(OC)c2)ccc1OCc1ccc(F)cc1. The molecule has 3 rings (SSSR count). The summed E-state index contributed by atoms with van der Waals surface area (Å²) < 4.78 is 29.9. The highest BCUT2D eigenvalue weighted by atomic mass is 32.1. The fraction of sp³-hybridized carbons (Fsp3) is 0.208. The minimum Gasteiger partial charge on any atom is -0.497 e. The number of thiocarbonyl (C=S) groups is 1. The molecule has 0 aromatic heterocycles. The standard InChI is InChI=1S/C24H24FNO3S/c1-3-28-23-14-19(24(30)26-15-18-5-4-6-21(13-18)27-2)9-12-22(23)29-16-17-7-10-20(25)11-8-17/h4-14H,3,15-16H2,1-2H3,(H,26,30). The van der Waals surface area contributed by atoms with Gasteiger partial charge in [0.1, 0.15) is 23.2 Å². The van der Waals surface area contributed by atoms with Crippen molar-refractivity contribution in [2.24, 2.45) is 0 Å². The molecule has 0 aliphatic rings. The molecule has 0 amide bonds.